The van der Waals surface area contributed by atoms with Crippen LogP contribution in [0.4, 0.5) is 0 Å². The van der Waals surface area contributed by atoms with E-state index in [0.717, 1.165) is 35.3 Å². The molecule has 110 valence electrons. The number of thiocarbonyl (C=S) groups is 1. The number of carbonyl (C=O) groups excluding carboxylic acids is 1. The molecule has 3 N–H and O–H groups in total. The number of halogens is 1. The van der Waals surface area contributed by atoms with Gasteiger partial charge in [0.05, 0.1) is 19.2 Å². The molecule has 4 nitrogen and oxygen atoms in total. The van der Waals surface area contributed by atoms with Gasteiger partial charge in [-0.2, -0.15) is 0 Å². The minimum absolute atomic E-state index is 0.0962. The molecule has 2 heterocycles. The lowest BCUT2D eigenvalue weighted by atomic mass is 9.87. The van der Waals surface area contributed by atoms with Crippen molar-refractivity contribution in [1.82, 2.24) is 10.2 Å². The smallest absolute Gasteiger partial charge is 0.262 e. The summed E-state index contributed by atoms with van der Waals surface area (Å²) in [5, 5.41) is 3.07. The first-order valence-electron chi connectivity index (χ1n) is 6.41. The van der Waals surface area contributed by atoms with Crippen LogP contribution < -0.4 is 11.1 Å². The monoisotopic (exact) mass is 375 g/mol. The predicted octanol–water partition coefficient (Wildman–Crippen LogP) is 2.30. The molecule has 7 heteroatoms. The highest BCUT2D eigenvalue weighted by Crippen LogP contribution is 2.29. The Morgan fingerprint density at radius 2 is 2.15 bits per heavy atom. The third kappa shape index (κ3) is 3.21. The van der Waals surface area contributed by atoms with E-state index in [9.17, 15) is 4.79 Å². The van der Waals surface area contributed by atoms with Crippen LogP contribution in [0.3, 0.4) is 0 Å². The lowest BCUT2D eigenvalue weighted by Crippen LogP contribution is -2.61. The number of aryl methyl sites for hydroxylation is 1. The van der Waals surface area contributed by atoms with Gasteiger partial charge in [-0.1, -0.05) is 12.2 Å². The predicted molar refractivity (Wildman–Crippen MR) is 90.5 cm³/mol. The number of likely N-dealkylation sites (tertiary alicyclic amines) is 1. The van der Waals surface area contributed by atoms with Crippen molar-refractivity contribution in [1.29, 1.82) is 0 Å². The van der Waals surface area contributed by atoms with Gasteiger partial charge in [-0.25, -0.2) is 0 Å². The van der Waals surface area contributed by atoms with Crippen LogP contribution in [-0.2, 0) is 0 Å². The van der Waals surface area contributed by atoms with Crippen molar-refractivity contribution in [3.63, 3.8) is 0 Å². The molecule has 1 amide bonds. The zero-order chi connectivity index (χ0) is 14.9. The highest BCUT2D eigenvalue weighted by atomic mass is 79.9. The number of nitrogens with zero attached hydrogens (tertiary/aromatic N) is 1. The number of carbonyl (C=O) groups is 1. The first-order chi connectivity index (χ1) is 9.34. The molecule has 0 bridgehead atoms. The molecule has 1 aromatic rings. The van der Waals surface area contributed by atoms with E-state index in [1.807, 2.05) is 13.0 Å². The summed E-state index contributed by atoms with van der Waals surface area (Å²) >= 11 is 10.1. The van der Waals surface area contributed by atoms with Crippen LogP contribution in [0.5, 0.6) is 0 Å². The minimum Gasteiger partial charge on any atom is -0.391 e. The number of hydrogen-bond donors (Lipinski definition) is 2. The second-order valence-electron chi connectivity index (χ2n) is 5.27. The first-order valence-corrected chi connectivity index (χ1v) is 8.43. The Morgan fingerprint density at radius 3 is 2.60 bits per heavy atom. The lowest BCUT2D eigenvalue weighted by Gasteiger charge is -2.40. The number of thiophene rings is 1. The van der Waals surface area contributed by atoms with E-state index in [1.165, 1.54) is 11.3 Å². The summed E-state index contributed by atoms with van der Waals surface area (Å²) < 4.78 is 0.982. The summed E-state index contributed by atoms with van der Waals surface area (Å²) in [6.45, 7) is 3.73. The topological polar surface area (TPSA) is 58.4 Å². The summed E-state index contributed by atoms with van der Waals surface area (Å²) in [6, 6.07) is 1.88. The fraction of sp³-hybridized carbons (Fsp3) is 0.538. The molecule has 1 fully saturated rings. The average molecular weight is 376 g/mol. The van der Waals surface area contributed by atoms with Crippen molar-refractivity contribution in [2.24, 2.45) is 5.73 Å². The Kier molecular flexibility index (Phi) is 4.84. The van der Waals surface area contributed by atoms with Crippen LogP contribution in [0.1, 0.15) is 28.1 Å². The molecular weight excluding hydrogens is 358 g/mol. The molecule has 1 aliphatic rings. The summed E-state index contributed by atoms with van der Waals surface area (Å²) in [6.07, 6.45) is 1.52. The number of amides is 1. The molecule has 0 aliphatic carbocycles. The van der Waals surface area contributed by atoms with Crippen LogP contribution in [0.2, 0.25) is 0 Å². The second-order valence-corrected chi connectivity index (χ2v) is 8.08. The molecule has 0 unspecified atom stereocenters. The van der Waals surface area contributed by atoms with Gasteiger partial charge in [0.2, 0.25) is 0 Å². The summed E-state index contributed by atoms with van der Waals surface area (Å²) in [7, 11) is 2.06. The maximum absolute atomic E-state index is 12.4. The zero-order valence-corrected chi connectivity index (χ0v) is 14.8. The van der Waals surface area contributed by atoms with Gasteiger partial charge in [-0.05, 0) is 54.4 Å². The van der Waals surface area contributed by atoms with Crippen molar-refractivity contribution in [2.75, 3.05) is 20.1 Å². The van der Waals surface area contributed by atoms with E-state index >= 15 is 0 Å². The quantitative estimate of drug-likeness (QED) is 0.795. The molecule has 1 aromatic heterocycles. The van der Waals surface area contributed by atoms with Crippen molar-refractivity contribution in [3.8, 4) is 0 Å². The fourth-order valence-electron chi connectivity index (χ4n) is 2.28. The number of nitrogens with one attached hydrogen (secondary N) is 1. The van der Waals surface area contributed by atoms with Crippen LogP contribution in [-0.4, -0.2) is 41.5 Å². The van der Waals surface area contributed by atoms with Crippen molar-refractivity contribution in [2.45, 2.75) is 25.3 Å². The average Bonchev–Trinajstić information content (AvgIpc) is 2.72. The summed E-state index contributed by atoms with van der Waals surface area (Å²) in [4.78, 5) is 15.7. The lowest BCUT2D eigenvalue weighted by molar-refractivity contribution is 0.0894. The van der Waals surface area contributed by atoms with E-state index < -0.39 is 5.54 Å². The normalized spacial score (nSPS) is 18.8. The Morgan fingerprint density at radius 1 is 1.55 bits per heavy atom. The van der Waals surface area contributed by atoms with Crippen LogP contribution >= 0.6 is 39.5 Å². The molecule has 0 radical (unpaired) electrons. The second kappa shape index (κ2) is 6.09. The molecule has 20 heavy (non-hydrogen) atoms. The Hall–Kier alpha value is -0.500. The number of rotatable bonds is 3. The van der Waals surface area contributed by atoms with E-state index in [0.29, 0.717) is 9.87 Å². The zero-order valence-electron chi connectivity index (χ0n) is 11.5. The van der Waals surface area contributed by atoms with Crippen molar-refractivity contribution < 1.29 is 4.79 Å². The Bertz CT molecular complexity index is 516. The van der Waals surface area contributed by atoms with Gasteiger partial charge in [-0.3, -0.25) is 4.79 Å². The van der Waals surface area contributed by atoms with Gasteiger partial charge >= 0.3 is 0 Å². The molecular formula is C13H18BrN3OS2. The third-order valence-corrected chi connectivity index (χ3v) is 6.27. The highest BCUT2D eigenvalue weighted by molar-refractivity contribution is 9.11. The van der Waals surface area contributed by atoms with Crippen molar-refractivity contribution in [3.05, 3.63) is 20.3 Å². The standard InChI is InChI=1S/C13H18BrN3OS2/c1-8-7-9(20-10(8)14)11(18)16-13(12(15)19)3-5-17(2)6-4-13/h7H,3-6H2,1-2H3,(H2,15,19)(H,16,18). The first kappa shape index (κ1) is 15.9. The molecule has 1 saturated heterocycles. The summed E-state index contributed by atoms with van der Waals surface area (Å²) in [5.74, 6) is -0.0962. The molecule has 0 atom stereocenters. The van der Waals surface area contributed by atoms with E-state index in [1.54, 1.807) is 0 Å². The van der Waals surface area contributed by atoms with E-state index in [2.05, 4.69) is 33.2 Å². The SMILES string of the molecule is Cc1cc(C(=O)NC2(C(N)=S)CCN(C)CC2)sc1Br. The van der Waals surface area contributed by atoms with E-state index in [4.69, 9.17) is 18.0 Å². The third-order valence-electron chi connectivity index (χ3n) is 3.75. The Balaban J connectivity index is 2.16. The number of nitrogens with two attached hydrogens (primary N) is 1. The molecule has 2 rings (SSSR count). The molecule has 0 saturated carbocycles. The minimum atomic E-state index is -0.552. The molecule has 0 aromatic carbocycles. The van der Waals surface area contributed by atoms with Crippen LogP contribution in [0, 0.1) is 6.92 Å². The van der Waals surface area contributed by atoms with Gasteiger partial charge in [0, 0.05) is 13.1 Å². The van der Waals surface area contributed by atoms with Crippen molar-refractivity contribution >= 4 is 50.4 Å². The number of piperidine rings is 1. The molecule has 0 spiro atoms. The van der Waals surface area contributed by atoms with Gasteiger partial charge in [0.25, 0.3) is 5.91 Å². The van der Waals surface area contributed by atoms with Crippen LogP contribution in [0.25, 0.3) is 0 Å². The number of hydrogen-bond acceptors (Lipinski definition) is 4. The van der Waals surface area contributed by atoms with Crippen LogP contribution in [0.15, 0.2) is 9.85 Å². The largest absolute Gasteiger partial charge is 0.391 e. The van der Waals surface area contributed by atoms with E-state index in [-0.39, 0.29) is 5.91 Å². The maximum atomic E-state index is 12.4. The fourth-order valence-corrected chi connectivity index (χ4v) is 3.97. The molecule has 1 aliphatic heterocycles. The Labute approximate surface area is 136 Å². The maximum Gasteiger partial charge on any atom is 0.262 e. The summed E-state index contributed by atoms with van der Waals surface area (Å²) in [5.41, 5.74) is 6.41. The highest BCUT2D eigenvalue weighted by Gasteiger charge is 2.38. The van der Waals surface area contributed by atoms with Gasteiger partial charge in [-0.15, -0.1) is 11.3 Å². The van der Waals surface area contributed by atoms with Gasteiger partial charge in [0.15, 0.2) is 0 Å². The van der Waals surface area contributed by atoms with Gasteiger partial charge < -0.3 is 16.0 Å². The van der Waals surface area contributed by atoms with Gasteiger partial charge in [0.1, 0.15) is 0 Å².